The van der Waals surface area contributed by atoms with Gasteiger partial charge in [-0.2, -0.15) is 0 Å². The Morgan fingerprint density at radius 3 is 2.48 bits per heavy atom. The van der Waals surface area contributed by atoms with Crippen molar-refractivity contribution in [1.29, 1.82) is 0 Å². The van der Waals surface area contributed by atoms with Crippen LogP contribution < -0.4 is 5.73 Å². The van der Waals surface area contributed by atoms with Crippen LogP contribution in [0.3, 0.4) is 0 Å². The van der Waals surface area contributed by atoms with E-state index in [2.05, 4.69) is 11.8 Å². The first-order chi connectivity index (χ1) is 10.7. The van der Waals surface area contributed by atoms with Crippen molar-refractivity contribution < 1.29 is 9.53 Å². The predicted molar refractivity (Wildman–Crippen MR) is 92.8 cm³/mol. The maximum Gasteiger partial charge on any atom is 0.253 e. The van der Waals surface area contributed by atoms with E-state index in [4.69, 9.17) is 10.5 Å². The van der Waals surface area contributed by atoms with Gasteiger partial charge in [-0.05, 0) is 23.6 Å². The van der Waals surface area contributed by atoms with Gasteiger partial charge in [-0.25, -0.2) is 0 Å². The highest BCUT2D eigenvalue weighted by Gasteiger charge is 2.36. The number of rotatable bonds is 3. The lowest BCUT2D eigenvalue weighted by atomic mass is 10.0. The fraction of sp³-hybridized carbons (Fsp3) is 0.588. The van der Waals surface area contributed by atoms with Gasteiger partial charge in [-0.3, -0.25) is 9.69 Å². The van der Waals surface area contributed by atoms with Crippen molar-refractivity contribution in [2.75, 3.05) is 39.4 Å². The van der Waals surface area contributed by atoms with E-state index in [1.807, 2.05) is 29.2 Å². The van der Waals surface area contributed by atoms with Gasteiger partial charge < -0.3 is 15.4 Å². The predicted octanol–water partition coefficient (Wildman–Crippen LogP) is 1.36. The summed E-state index contributed by atoms with van der Waals surface area (Å²) in [6, 6.07) is 8.10. The van der Waals surface area contributed by atoms with Gasteiger partial charge in [-0.1, -0.05) is 19.1 Å². The Morgan fingerprint density at radius 2 is 1.87 bits per heavy atom. The van der Waals surface area contributed by atoms with E-state index in [1.165, 1.54) is 0 Å². The molecule has 1 aromatic carbocycles. The Hall–Kier alpha value is -1.14. The first kappa shape index (κ1) is 18.2. The zero-order chi connectivity index (χ0) is 15.5. The van der Waals surface area contributed by atoms with Crippen LogP contribution in [-0.2, 0) is 11.3 Å². The maximum atomic E-state index is 12.7. The lowest BCUT2D eigenvalue weighted by Gasteiger charge is -2.34. The smallest absolute Gasteiger partial charge is 0.253 e. The summed E-state index contributed by atoms with van der Waals surface area (Å²) in [5.74, 6) is 0.636. The van der Waals surface area contributed by atoms with Gasteiger partial charge in [-0.15, -0.1) is 12.4 Å². The number of halogens is 1. The van der Waals surface area contributed by atoms with Crippen LogP contribution >= 0.6 is 12.4 Å². The molecule has 1 aromatic rings. The molecule has 2 saturated heterocycles. The van der Waals surface area contributed by atoms with Gasteiger partial charge >= 0.3 is 0 Å². The number of carbonyl (C=O) groups is 1. The van der Waals surface area contributed by atoms with E-state index in [-0.39, 0.29) is 18.3 Å². The zero-order valence-electron chi connectivity index (χ0n) is 13.6. The SMILES string of the molecule is CC1CN(C(=O)c2ccc(CN)cc2)CC1N1CCOCC1.Cl. The minimum atomic E-state index is 0. The Balaban J connectivity index is 0.00000192. The third-order valence-corrected chi connectivity index (χ3v) is 4.81. The molecule has 2 fully saturated rings. The molecular formula is C17H26ClN3O2. The van der Waals surface area contributed by atoms with Gasteiger partial charge in [0.25, 0.3) is 5.91 Å². The Morgan fingerprint density at radius 1 is 1.22 bits per heavy atom. The Labute approximate surface area is 144 Å². The first-order valence-corrected chi connectivity index (χ1v) is 8.09. The second-order valence-electron chi connectivity index (χ2n) is 6.30. The molecule has 2 aliphatic heterocycles. The van der Waals surface area contributed by atoms with E-state index in [0.717, 1.165) is 50.5 Å². The lowest BCUT2D eigenvalue weighted by Crippen LogP contribution is -2.47. The fourth-order valence-corrected chi connectivity index (χ4v) is 3.47. The molecular weight excluding hydrogens is 314 g/mol. The van der Waals surface area contributed by atoms with Crippen LogP contribution in [0.4, 0.5) is 0 Å². The number of benzene rings is 1. The van der Waals surface area contributed by atoms with Crippen LogP contribution in [0.1, 0.15) is 22.8 Å². The van der Waals surface area contributed by atoms with Gasteiger partial charge in [0, 0.05) is 44.3 Å². The molecule has 3 rings (SSSR count). The van der Waals surface area contributed by atoms with Gasteiger partial charge in [0.05, 0.1) is 13.2 Å². The number of hydrogen-bond acceptors (Lipinski definition) is 4. The standard InChI is InChI=1S/C17H25N3O2.ClH/c1-13-11-20(12-16(13)19-6-8-22-9-7-19)17(21)15-4-2-14(10-18)3-5-15;/h2-5,13,16H,6-12,18H2,1H3;1H. The molecule has 6 heteroatoms. The number of ether oxygens (including phenoxy) is 1. The lowest BCUT2D eigenvalue weighted by molar-refractivity contribution is 0.0119. The molecule has 0 aliphatic carbocycles. The van der Waals surface area contributed by atoms with Crippen molar-refractivity contribution in [2.45, 2.75) is 19.5 Å². The first-order valence-electron chi connectivity index (χ1n) is 8.09. The van der Waals surface area contributed by atoms with Crippen LogP contribution in [0.5, 0.6) is 0 Å². The summed E-state index contributed by atoms with van der Waals surface area (Å²) in [5.41, 5.74) is 7.42. The molecule has 128 valence electrons. The van der Waals surface area contributed by atoms with Gasteiger partial charge in [0.15, 0.2) is 0 Å². The summed E-state index contributed by atoms with van der Waals surface area (Å²) in [7, 11) is 0. The van der Waals surface area contributed by atoms with Crippen molar-refractivity contribution in [3.8, 4) is 0 Å². The van der Waals surface area contributed by atoms with Gasteiger partial charge in [0.2, 0.25) is 0 Å². The second kappa shape index (κ2) is 8.11. The van der Waals surface area contributed by atoms with Crippen molar-refractivity contribution in [2.24, 2.45) is 11.7 Å². The molecule has 2 aliphatic rings. The molecule has 2 atom stereocenters. The monoisotopic (exact) mass is 339 g/mol. The number of hydrogen-bond donors (Lipinski definition) is 1. The molecule has 0 aromatic heterocycles. The van der Waals surface area contributed by atoms with Crippen molar-refractivity contribution >= 4 is 18.3 Å². The molecule has 0 radical (unpaired) electrons. The third kappa shape index (κ3) is 4.04. The van der Waals surface area contributed by atoms with Crippen LogP contribution in [-0.4, -0.2) is 61.1 Å². The van der Waals surface area contributed by atoms with E-state index in [1.54, 1.807) is 0 Å². The molecule has 0 spiro atoms. The highest BCUT2D eigenvalue weighted by molar-refractivity contribution is 5.94. The summed E-state index contributed by atoms with van der Waals surface area (Å²) in [6.45, 7) is 7.96. The summed E-state index contributed by atoms with van der Waals surface area (Å²) >= 11 is 0. The summed E-state index contributed by atoms with van der Waals surface area (Å²) in [5, 5.41) is 0. The van der Waals surface area contributed by atoms with E-state index in [9.17, 15) is 4.79 Å². The Kier molecular flexibility index (Phi) is 6.41. The molecule has 0 saturated carbocycles. The average molecular weight is 340 g/mol. The highest BCUT2D eigenvalue weighted by atomic mass is 35.5. The number of morpholine rings is 1. The molecule has 1 amide bonds. The number of nitrogens with zero attached hydrogens (tertiary/aromatic N) is 2. The third-order valence-electron chi connectivity index (χ3n) is 4.81. The van der Waals surface area contributed by atoms with Crippen LogP contribution in [0.2, 0.25) is 0 Å². The second-order valence-corrected chi connectivity index (χ2v) is 6.30. The van der Waals surface area contributed by atoms with Crippen molar-refractivity contribution in [3.05, 3.63) is 35.4 Å². The van der Waals surface area contributed by atoms with E-state index < -0.39 is 0 Å². The number of likely N-dealkylation sites (tertiary alicyclic amines) is 1. The number of carbonyl (C=O) groups excluding carboxylic acids is 1. The summed E-state index contributed by atoms with van der Waals surface area (Å²) in [6.07, 6.45) is 0. The number of amides is 1. The van der Waals surface area contributed by atoms with E-state index in [0.29, 0.717) is 18.5 Å². The molecule has 23 heavy (non-hydrogen) atoms. The van der Waals surface area contributed by atoms with Crippen LogP contribution in [0.25, 0.3) is 0 Å². The minimum absolute atomic E-state index is 0. The largest absolute Gasteiger partial charge is 0.379 e. The van der Waals surface area contributed by atoms with Crippen molar-refractivity contribution in [1.82, 2.24) is 9.80 Å². The molecule has 2 heterocycles. The molecule has 2 unspecified atom stereocenters. The van der Waals surface area contributed by atoms with Crippen molar-refractivity contribution in [3.63, 3.8) is 0 Å². The van der Waals surface area contributed by atoms with Crippen LogP contribution in [0.15, 0.2) is 24.3 Å². The van der Waals surface area contributed by atoms with Gasteiger partial charge in [0.1, 0.15) is 0 Å². The fourth-order valence-electron chi connectivity index (χ4n) is 3.47. The summed E-state index contributed by atoms with van der Waals surface area (Å²) in [4.78, 5) is 17.1. The molecule has 0 bridgehead atoms. The number of nitrogens with two attached hydrogens (primary N) is 1. The quantitative estimate of drug-likeness (QED) is 0.903. The molecule has 2 N–H and O–H groups in total. The Bertz CT molecular complexity index is 517. The normalized spacial score (nSPS) is 25.2. The average Bonchev–Trinajstić information content (AvgIpc) is 2.97. The van der Waals surface area contributed by atoms with E-state index >= 15 is 0 Å². The topological polar surface area (TPSA) is 58.8 Å². The maximum absolute atomic E-state index is 12.7. The zero-order valence-corrected chi connectivity index (χ0v) is 14.4. The minimum Gasteiger partial charge on any atom is -0.379 e. The summed E-state index contributed by atoms with van der Waals surface area (Å²) < 4.78 is 5.43. The molecule has 5 nitrogen and oxygen atoms in total. The van der Waals surface area contributed by atoms with Crippen LogP contribution in [0, 0.1) is 5.92 Å². The highest BCUT2D eigenvalue weighted by Crippen LogP contribution is 2.24.